The maximum Gasteiger partial charge on any atom is 0.119 e. The van der Waals surface area contributed by atoms with Crippen molar-refractivity contribution in [2.24, 2.45) is 0 Å². The molecule has 0 aromatic heterocycles. The molecule has 0 bridgehead atoms. The quantitative estimate of drug-likeness (QED) is 0.828. The minimum Gasteiger partial charge on any atom is -0.494 e. The van der Waals surface area contributed by atoms with Crippen LogP contribution in [0, 0.1) is 0 Å². The summed E-state index contributed by atoms with van der Waals surface area (Å²) in [6, 6.07) is 9.25. The van der Waals surface area contributed by atoms with Gasteiger partial charge in [-0.05, 0) is 50.6 Å². The van der Waals surface area contributed by atoms with E-state index in [1.165, 1.54) is 31.4 Å². The summed E-state index contributed by atoms with van der Waals surface area (Å²) in [6.07, 6.45) is 5.06. The van der Waals surface area contributed by atoms with Gasteiger partial charge in [0.05, 0.1) is 6.61 Å². The zero-order chi connectivity index (χ0) is 14.2. The summed E-state index contributed by atoms with van der Waals surface area (Å²) in [5.74, 6) is 1.01. The summed E-state index contributed by atoms with van der Waals surface area (Å²) >= 11 is 0. The van der Waals surface area contributed by atoms with E-state index in [0.717, 1.165) is 31.9 Å². The van der Waals surface area contributed by atoms with E-state index < -0.39 is 0 Å². The Morgan fingerprint density at radius 1 is 1.35 bits per heavy atom. The van der Waals surface area contributed by atoms with E-state index >= 15 is 0 Å². The molecule has 1 aromatic carbocycles. The fraction of sp³-hybridized carbons (Fsp3) is 0.647. The maximum atomic E-state index is 5.73. The van der Waals surface area contributed by atoms with E-state index in [4.69, 9.17) is 4.74 Å². The van der Waals surface area contributed by atoms with Crippen LogP contribution in [-0.4, -0.2) is 37.7 Å². The van der Waals surface area contributed by atoms with Crippen LogP contribution in [0.3, 0.4) is 0 Å². The van der Waals surface area contributed by atoms with Gasteiger partial charge in [-0.1, -0.05) is 25.5 Å². The molecular formula is C17H28N2O. The van der Waals surface area contributed by atoms with E-state index in [0.29, 0.717) is 6.04 Å². The number of hydrogen-bond donors (Lipinski definition) is 1. The highest BCUT2D eigenvalue weighted by atomic mass is 16.5. The van der Waals surface area contributed by atoms with Gasteiger partial charge in [0, 0.05) is 19.1 Å². The lowest BCUT2D eigenvalue weighted by Gasteiger charge is -2.35. The summed E-state index contributed by atoms with van der Waals surface area (Å²) in [5, 5.41) is 3.33. The van der Waals surface area contributed by atoms with Gasteiger partial charge in [0.15, 0.2) is 0 Å². The number of likely N-dealkylation sites (tertiary alicyclic amines) is 1. The molecular weight excluding hydrogens is 248 g/mol. The normalized spacial score (nSPS) is 20.0. The first-order chi connectivity index (χ1) is 9.83. The third kappa shape index (κ3) is 4.50. The van der Waals surface area contributed by atoms with E-state index in [1.54, 1.807) is 0 Å². The fourth-order valence-electron chi connectivity index (χ4n) is 2.92. The third-order valence-corrected chi connectivity index (χ3v) is 3.95. The molecule has 2 rings (SSSR count). The smallest absolute Gasteiger partial charge is 0.119 e. The van der Waals surface area contributed by atoms with Crippen LogP contribution >= 0.6 is 0 Å². The first-order valence-corrected chi connectivity index (χ1v) is 7.94. The van der Waals surface area contributed by atoms with Crippen LogP contribution in [0.1, 0.15) is 38.2 Å². The molecule has 1 N–H and O–H groups in total. The largest absolute Gasteiger partial charge is 0.494 e. The van der Waals surface area contributed by atoms with Gasteiger partial charge in [0.1, 0.15) is 5.75 Å². The molecule has 1 heterocycles. The lowest BCUT2D eigenvalue weighted by atomic mass is 10.0. The van der Waals surface area contributed by atoms with Gasteiger partial charge in [-0.25, -0.2) is 0 Å². The van der Waals surface area contributed by atoms with E-state index in [-0.39, 0.29) is 0 Å². The molecule has 3 nitrogen and oxygen atoms in total. The Morgan fingerprint density at radius 2 is 2.25 bits per heavy atom. The second-order valence-electron chi connectivity index (χ2n) is 5.67. The van der Waals surface area contributed by atoms with E-state index in [1.807, 2.05) is 7.05 Å². The monoisotopic (exact) mass is 276 g/mol. The molecule has 1 atom stereocenters. The highest BCUT2D eigenvalue weighted by molar-refractivity contribution is 5.28. The predicted molar refractivity (Wildman–Crippen MR) is 84.2 cm³/mol. The highest BCUT2D eigenvalue weighted by Gasteiger charge is 2.21. The van der Waals surface area contributed by atoms with Crippen molar-refractivity contribution < 1.29 is 4.74 Å². The number of nitrogens with one attached hydrogen (secondary N) is 1. The average Bonchev–Trinajstić information content (AvgIpc) is 2.48. The van der Waals surface area contributed by atoms with Crippen LogP contribution < -0.4 is 10.1 Å². The topological polar surface area (TPSA) is 24.5 Å². The lowest BCUT2D eigenvalue weighted by Crippen LogP contribution is -2.44. The molecule has 0 radical (unpaired) electrons. The Kier molecular flexibility index (Phi) is 6.34. The molecule has 20 heavy (non-hydrogen) atoms. The molecule has 0 spiro atoms. The van der Waals surface area contributed by atoms with Gasteiger partial charge in [0.25, 0.3) is 0 Å². The Bertz CT molecular complexity index is 392. The lowest BCUT2D eigenvalue weighted by molar-refractivity contribution is 0.139. The summed E-state index contributed by atoms with van der Waals surface area (Å²) in [7, 11) is 2.05. The van der Waals surface area contributed by atoms with Crippen LogP contribution in [0.2, 0.25) is 0 Å². The van der Waals surface area contributed by atoms with Gasteiger partial charge in [-0.3, -0.25) is 4.90 Å². The molecule has 0 amide bonds. The van der Waals surface area contributed by atoms with Gasteiger partial charge in [0.2, 0.25) is 0 Å². The Labute approximate surface area is 123 Å². The summed E-state index contributed by atoms with van der Waals surface area (Å²) in [5.41, 5.74) is 1.36. The molecule has 1 unspecified atom stereocenters. The molecule has 0 aliphatic carbocycles. The average molecular weight is 276 g/mol. The second-order valence-corrected chi connectivity index (χ2v) is 5.67. The van der Waals surface area contributed by atoms with Crippen molar-refractivity contribution in [1.82, 2.24) is 10.2 Å². The van der Waals surface area contributed by atoms with Crippen molar-refractivity contribution in [3.63, 3.8) is 0 Å². The highest BCUT2D eigenvalue weighted by Crippen LogP contribution is 2.21. The van der Waals surface area contributed by atoms with Crippen molar-refractivity contribution in [3.05, 3.63) is 29.8 Å². The number of piperidine rings is 1. The van der Waals surface area contributed by atoms with Crippen LogP contribution in [0.4, 0.5) is 0 Å². The number of hydrogen-bond acceptors (Lipinski definition) is 3. The number of rotatable bonds is 7. The van der Waals surface area contributed by atoms with E-state index in [9.17, 15) is 0 Å². The molecule has 1 saturated heterocycles. The van der Waals surface area contributed by atoms with E-state index in [2.05, 4.69) is 41.4 Å². The SMILES string of the molecule is CCCOc1cccc(CN2CCCCC2CNC)c1. The van der Waals surface area contributed by atoms with Crippen LogP contribution in [0.15, 0.2) is 24.3 Å². The fourth-order valence-corrected chi connectivity index (χ4v) is 2.92. The number of benzene rings is 1. The summed E-state index contributed by atoms with van der Waals surface area (Å²) in [6.45, 7) is 6.28. The molecule has 0 saturated carbocycles. The molecule has 112 valence electrons. The minimum absolute atomic E-state index is 0.675. The summed E-state index contributed by atoms with van der Waals surface area (Å²) in [4.78, 5) is 2.61. The number of ether oxygens (including phenoxy) is 1. The van der Waals surface area contributed by atoms with Crippen molar-refractivity contribution in [1.29, 1.82) is 0 Å². The zero-order valence-electron chi connectivity index (χ0n) is 12.9. The molecule has 1 aliphatic heterocycles. The first-order valence-electron chi connectivity index (χ1n) is 7.94. The maximum absolute atomic E-state index is 5.73. The van der Waals surface area contributed by atoms with Crippen molar-refractivity contribution in [2.75, 3.05) is 26.7 Å². The van der Waals surface area contributed by atoms with Gasteiger partial charge in [-0.15, -0.1) is 0 Å². The molecule has 1 fully saturated rings. The number of nitrogens with zero attached hydrogens (tertiary/aromatic N) is 1. The molecule has 3 heteroatoms. The van der Waals surface area contributed by atoms with Crippen molar-refractivity contribution in [3.8, 4) is 5.75 Å². The van der Waals surface area contributed by atoms with Crippen LogP contribution in [-0.2, 0) is 6.54 Å². The Morgan fingerprint density at radius 3 is 3.05 bits per heavy atom. The second kappa shape index (κ2) is 8.28. The van der Waals surface area contributed by atoms with Crippen LogP contribution in [0.25, 0.3) is 0 Å². The third-order valence-electron chi connectivity index (χ3n) is 3.95. The number of likely N-dealkylation sites (N-methyl/N-ethyl adjacent to an activating group) is 1. The molecule has 1 aromatic rings. The van der Waals surface area contributed by atoms with Crippen molar-refractivity contribution >= 4 is 0 Å². The van der Waals surface area contributed by atoms with Gasteiger partial charge < -0.3 is 10.1 Å². The minimum atomic E-state index is 0.675. The molecule has 1 aliphatic rings. The first kappa shape index (κ1) is 15.3. The van der Waals surface area contributed by atoms with Crippen LogP contribution in [0.5, 0.6) is 5.75 Å². The van der Waals surface area contributed by atoms with Crippen molar-refractivity contribution in [2.45, 2.75) is 45.2 Å². The Hall–Kier alpha value is -1.06. The summed E-state index contributed by atoms with van der Waals surface area (Å²) < 4.78 is 5.73. The predicted octanol–water partition coefficient (Wildman–Crippen LogP) is 3.05. The zero-order valence-corrected chi connectivity index (χ0v) is 12.9. The van der Waals surface area contributed by atoms with Gasteiger partial charge in [-0.2, -0.15) is 0 Å². The van der Waals surface area contributed by atoms with Gasteiger partial charge >= 0.3 is 0 Å². The standard InChI is InChI=1S/C17H28N2O/c1-3-11-20-17-9-6-7-15(12-17)14-19-10-5-4-8-16(19)13-18-2/h6-7,9,12,16,18H,3-5,8,10-11,13-14H2,1-2H3. The Balaban J connectivity index is 1.96.